The fourth-order valence-electron chi connectivity index (χ4n) is 2.16. The normalized spacial score (nSPS) is 19.9. The third-order valence-corrected chi connectivity index (χ3v) is 3.92. The molecule has 0 radical (unpaired) electrons. The molecule has 1 atom stereocenters. The van der Waals surface area contributed by atoms with Crippen molar-refractivity contribution in [1.29, 1.82) is 0 Å². The van der Waals surface area contributed by atoms with Crippen LogP contribution in [0, 0.1) is 5.92 Å². The number of carboxylic acids is 1. The molecule has 2 aliphatic heterocycles. The number of aliphatic carboxylic acids is 1. The monoisotopic (exact) mass is 323 g/mol. The first-order chi connectivity index (χ1) is 10.7. The molecule has 0 aromatic rings. The number of hydrogen-bond acceptors (Lipinski definition) is 7. The Labute approximate surface area is 133 Å². The summed E-state index contributed by atoms with van der Waals surface area (Å²) >= 11 is 0. The lowest BCUT2D eigenvalue weighted by Crippen LogP contribution is -2.35. The van der Waals surface area contributed by atoms with Crippen molar-refractivity contribution in [3.63, 3.8) is 0 Å². The quantitative estimate of drug-likeness (QED) is 0.598. The van der Waals surface area contributed by atoms with Gasteiger partial charge in [0.2, 0.25) is 5.91 Å². The summed E-state index contributed by atoms with van der Waals surface area (Å²) in [5, 5.41) is 26.9. The molecule has 9 nitrogen and oxygen atoms in total. The number of hydrogen-bond donors (Lipinski definition) is 2. The van der Waals surface area contributed by atoms with E-state index >= 15 is 0 Å². The van der Waals surface area contributed by atoms with Gasteiger partial charge in [0.25, 0.3) is 0 Å². The van der Waals surface area contributed by atoms with E-state index in [1.54, 1.807) is 0 Å². The lowest BCUT2D eigenvalue weighted by molar-refractivity contribution is -0.141. The van der Waals surface area contributed by atoms with E-state index in [0.717, 1.165) is 0 Å². The summed E-state index contributed by atoms with van der Waals surface area (Å²) in [6.45, 7) is 4.00. The average Bonchev–Trinajstić information content (AvgIpc) is 3.36. The summed E-state index contributed by atoms with van der Waals surface area (Å²) in [4.78, 5) is 35.0. The summed E-state index contributed by atoms with van der Waals surface area (Å²) in [6, 6.07) is 0. The molecule has 0 saturated heterocycles. The van der Waals surface area contributed by atoms with E-state index in [-0.39, 0.29) is 25.0 Å². The van der Waals surface area contributed by atoms with Crippen LogP contribution >= 0.6 is 0 Å². The van der Waals surface area contributed by atoms with Crippen molar-refractivity contribution in [2.24, 2.45) is 26.4 Å². The van der Waals surface area contributed by atoms with Crippen molar-refractivity contribution in [3.05, 3.63) is 0 Å². The number of nitrogens with one attached hydrogen (secondary N) is 1. The lowest BCUT2D eigenvalue weighted by atomic mass is 9.94. The van der Waals surface area contributed by atoms with Crippen LogP contribution in [0.4, 0.5) is 0 Å². The zero-order valence-corrected chi connectivity index (χ0v) is 13.3. The maximum absolute atomic E-state index is 12.1. The number of ketones is 1. The van der Waals surface area contributed by atoms with Crippen LogP contribution in [0.1, 0.15) is 46.0 Å². The minimum atomic E-state index is -1.10. The molecule has 1 amide bonds. The van der Waals surface area contributed by atoms with Gasteiger partial charge < -0.3 is 10.4 Å². The number of carbonyl (C=O) groups excluding carboxylic acids is 2. The molecule has 0 spiro atoms. The highest BCUT2D eigenvalue weighted by Gasteiger charge is 2.35. The SMILES string of the molecule is CC1(CCNC(=O)[C@H](CC(=O)O)CC(=O)CCC2(C)N=N2)N=N1. The minimum Gasteiger partial charge on any atom is -0.481 e. The summed E-state index contributed by atoms with van der Waals surface area (Å²) in [5.74, 6) is -2.53. The van der Waals surface area contributed by atoms with Gasteiger partial charge in [0.1, 0.15) is 5.78 Å². The number of rotatable bonds is 11. The van der Waals surface area contributed by atoms with Gasteiger partial charge in [-0.3, -0.25) is 14.4 Å². The van der Waals surface area contributed by atoms with Crippen LogP contribution in [0.25, 0.3) is 0 Å². The van der Waals surface area contributed by atoms with Gasteiger partial charge in [0.05, 0.1) is 12.3 Å². The summed E-state index contributed by atoms with van der Waals surface area (Å²) < 4.78 is 0. The molecule has 126 valence electrons. The van der Waals surface area contributed by atoms with Gasteiger partial charge in [0.15, 0.2) is 11.3 Å². The number of nitrogens with zero attached hydrogens (tertiary/aromatic N) is 4. The highest BCUT2D eigenvalue weighted by Crippen LogP contribution is 2.32. The van der Waals surface area contributed by atoms with Crippen LogP contribution in [-0.2, 0) is 14.4 Å². The van der Waals surface area contributed by atoms with Gasteiger partial charge in [-0.1, -0.05) is 0 Å². The molecule has 2 aliphatic rings. The van der Waals surface area contributed by atoms with Crippen LogP contribution < -0.4 is 5.32 Å². The Morgan fingerprint density at radius 1 is 1.00 bits per heavy atom. The van der Waals surface area contributed by atoms with Crippen LogP contribution in [0.2, 0.25) is 0 Å². The highest BCUT2D eigenvalue weighted by atomic mass is 16.4. The van der Waals surface area contributed by atoms with Gasteiger partial charge in [-0.05, 0) is 13.8 Å². The van der Waals surface area contributed by atoms with Crippen LogP contribution in [0.3, 0.4) is 0 Å². The molecule has 0 aromatic heterocycles. The Morgan fingerprint density at radius 2 is 1.57 bits per heavy atom. The maximum atomic E-state index is 12.1. The largest absolute Gasteiger partial charge is 0.481 e. The summed E-state index contributed by atoms with van der Waals surface area (Å²) in [7, 11) is 0. The van der Waals surface area contributed by atoms with E-state index in [0.29, 0.717) is 19.4 Å². The topological polar surface area (TPSA) is 133 Å². The molecule has 2 N–H and O–H groups in total. The molecule has 2 heterocycles. The van der Waals surface area contributed by atoms with Gasteiger partial charge in [-0.2, -0.15) is 20.5 Å². The molecular weight excluding hydrogens is 302 g/mol. The molecule has 2 rings (SSSR count). The average molecular weight is 323 g/mol. The Hall–Kier alpha value is -2.19. The van der Waals surface area contributed by atoms with E-state index in [1.807, 2.05) is 13.8 Å². The molecule has 23 heavy (non-hydrogen) atoms. The van der Waals surface area contributed by atoms with Crippen molar-refractivity contribution in [3.8, 4) is 0 Å². The fourth-order valence-corrected chi connectivity index (χ4v) is 2.16. The fraction of sp³-hybridized carbons (Fsp3) is 0.786. The third kappa shape index (κ3) is 5.84. The molecule has 0 unspecified atom stereocenters. The maximum Gasteiger partial charge on any atom is 0.304 e. The van der Waals surface area contributed by atoms with Crippen molar-refractivity contribution in [2.45, 2.75) is 57.3 Å². The molecule has 0 saturated carbocycles. The van der Waals surface area contributed by atoms with E-state index in [9.17, 15) is 14.4 Å². The zero-order valence-electron chi connectivity index (χ0n) is 13.3. The van der Waals surface area contributed by atoms with E-state index in [1.165, 1.54) is 0 Å². The van der Waals surface area contributed by atoms with Crippen LogP contribution in [0.15, 0.2) is 20.5 Å². The van der Waals surface area contributed by atoms with Crippen LogP contribution in [0.5, 0.6) is 0 Å². The Kier molecular flexibility index (Phi) is 4.86. The van der Waals surface area contributed by atoms with Gasteiger partial charge >= 0.3 is 5.97 Å². The van der Waals surface area contributed by atoms with Crippen molar-refractivity contribution >= 4 is 17.7 Å². The number of carbonyl (C=O) groups is 3. The molecule has 0 fully saturated rings. The first-order valence-electron chi connectivity index (χ1n) is 7.61. The number of amides is 1. The van der Waals surface area contributed by atoms with Gasteiger partial charge in [0, 0.05) is 32.2 Å². The molecule has 9 heteroatoms. The second-order valence-electron chi connectivity index (χ2n) is 6.41. The minimum absolute atomic E-state index is 0.0831. The molecule has 0 aromatic carbocycles. The van der Waals surface area contributed by atoms with Crippen LogP contribution in [-0.4, -0.2) is 40.6 Å². The van der Waals surface area contributed by atoms with Gasteiger partial charge in [-0.15, -0.1) is 0 Å². The second kappa shape index (κ2) is 6.51. The van der Waals surface area contributed by atoms with Crippen molar-refractivity contribution in [2.75, 3.05) is 6.54 Å². The molecule has 0 bridgehead atoms. The first-order valence-corrected chi connectivity index (χ1v) is 7.61. The van der Waals surface area contributed by atoms with Crippen molar-refractivity contribution in [1.82, 2.24) is 5.32 Å². The van der Waals surface area contributed by atoms with Gasteiger partial charge in [-0.25, -0.2) is 0 Å². The van der Waals surface area contributed by atoms with E-state index in [4.69, 9.17) is 5.11 Å². The van der Waals surface area contributed by atoms with E-state index in [2.05, 4.69) is 25.8 Å². The Balaban J connectivity index is 1.75. The second-order valence-corrected chi connectivity index (χ2v) is 6.41. The standard InChI is InChI=1S/C14H21N5O4/c1-13(16-17-13)4-3-10(20)7-9(8-11(21)22)12(23)15-6-5-14(2)18-19-14/h9H,3-8H2,1-2H3,(H,15,23)(H,21,22)/t9-/m0/s1. The number of Topliss-reactive ketones (excluding diaryl/α,β-unsaturated/α-hetero) is 1. The predicted octanol–water partition coefficient (Wildman–Crippen LogP) is 1.69. The Morgan fingerprint density at radius 3 is 2.09 bits per heavy atom. The summed E-state index contributed by atoms with van der Waals surface area (Å²) in [5.41, 5.74) is -0.884. The zero-order chi connectivity index (χ0) is 17.1. The molecular formula is C14H21N5O4. The summed E-state index contributed by atoms with van der Waals surface area (Å²) in [6.07, 6.45) is 0.848. The lowest BCUT2D eigenvalue weighted by Gasteiger charge is -2.15. The molecule has 0 aliphatic carbocycles. The van der Waals surface area contributed by atoms with E-state index < -0.39 is 29.1 Å². The Bertz CT molecular complexity index is 560. The van der Waals surface area contributed by atoms with Crippen molar-refractivity contribution < 1.29 is 19.5 Å². The number of carboxylic acid groups (broad SMARTS) is 1. The first kappa shape index (κ1) is 17.2. The predicted molar refractivity (Wildman–Crippen MR) is 78.7 cm³/mol. The highest BCUT2D eigenvalue weighted by molar-refractivity contribution is 5.89. The smallest absolute Gasteiger partial charge is 0.304 e. The third-order valence-electron chi connectivity index (χ3n) is 3.92.